The lowest BCUT2D eigenvalue weighted by Gasteiger charge is -2.14. The van der Waals surface area contributed by atoms with E-state index >= 15 is 0 Å². The quantitative estimate of drug-likeness (QED) is 0.463. The summed E-state index contributed by atoms with van der Waals surface area (Å²) in [6.45, 7) is 3.05. The molecule has 2 aromatic rings. The van der Waals surface area contributed by atoms with Crippen LogP contribution < -0.4 is 0 Å². The third kappa shape index (κ3) is 2.64. The van der Waals surface area contributed by atoms with E-state index < -0.39 is 5.54 Å². The summed E-state index contributed by atoms with van der Waals surface area (Å²) in [6, 6.07) is 11.5. The van der Waals surface area contributed by atoms with E-state index in [-0.39, 0.29) is 16.4 Å². The van der Waals surface area contributed by atoms with Gasteiger partial charge in [0.05, 0.1) is 10.5 Å². The smallest absolute Gasteiger partial charge is 0.273 e. The summed E-state index contributed by atoms with van der Waals surface area (Å²) in [5.74, 6) is -0.254. The molecular formula is C16H14BrFN2O2. The van der Waals surface area contributed by atoms with E-state index in [4.69, 9.17) is 0 Å². The molecule has 1 fully saturated rings. The molecule has 1 aliphatic heterocycles. The summed E-state index contributed by atoms with van der Waals surface area (Å²) in [5, 5.41) is 11.1. The summed E-state index contributed by atoms with van der Waals surface area (Å²) < 4.78 is 14.9. The van der Waals surface area contributed by atoms with E-state index in [2.05, 4.69) is 15.9 Å². The highest BCUT2D eigenvalue weighted by Gasteiger charge is 2.50. The van der Waals surface area contributed by atoms with Crippen LogP contribution in [0.3, 0.4) is 0 Å². The van der Waals surface area contributed by atoms with Crippen molar-refractivity contribution in [1.29, 1.82) is 0 Å². The molecule has 0 bridgehead atoms. The van der Waals surface area contributed by atoms with Gasteiger partial charge < -0.3 is 0 Å². The summed E-state index contributed by atoms with van der Waals surface area (Å²) in [4.78, 5) is 12.7. The molecule has 1 heterocycles. The maximum absolute atomic E-state index is 14.1. The lowest BCUT2D eigenvalue weighted by atomic mass is 10.0. The van der Waals surface area contributed by atoms with Gasteiger partial charge in [-0.3, -0.25) is 15.0 Å². The Bertz CT molecular complexity index is 753. The van der Waals surface area contributed by atoms with Crippen molar-refractivity contribution < 1.29 is 9.31 Å². The molecule has 22 heavy (non-hydrogen) atoms. The van der Waals surface area contributed by atoms with Crippen LogP contribution >= 0.6 is 15.9 Å². The molecule has 0 spiro atoms. The zero-order valence-electron chi connectivity index (χ0n) is 11.9. The predicted molar refractivity (Wildman–Crippen MR) is 85.0 cm³/mol. The van der Waals surface area contributed by atoms with Crippen LogP contribution in [0.1, 0.15) is 18.1 Å². The Labute approximate surface area is 135 Å². The molecule has 1 unspecified atom stereocenters. The third-order valence-electron chi connectivity index (χ3n) is 4.15. The summed E-state index contributed by atoms with van der Waals surface area (Å²) in [7, 11) is 0. The first-order valence-corrected chi connectivity index (χ1v) is 7.64. The van der Waals surface area contributed by atoms with E-state index in [0.29, 0.717) is 24.2 Å². The molecule has 0 amide bonds. The van der Waals surface area contributed by atoms with Crippen LogP contribution in [0, 0.1) is 15.9 Å². The molecule has 4 nitrogen and oxygen atoms in total. The van der Waals surface area contributed by atoms with Gasteiger partial charge in [0.1, 0.15) is 5.82 Å². The van der Waals surface area contributed by atoms with Crippen molar-refractivity contribution >= 4 is 21.6 Å². The Hall–Kier alpha value is -1.79. The second kappa shape index (κ2) is 5.44. The fraction of sp³-hybridized carbons (Fsp3) is 0.250. The molecule has 2 aromatic carbocycles. The molecule has 1 aliphatic rings. The number of hydrogen-bond donors (Lipinski definition) is 0. The minimum atomic E-state index is -0.419. The minimum absolute atomic E-state index is 0.103. The molecule has 0 N–H and O–H groups in total. The van der Waals surface area contributed by atoms with E-state index in [0.717, 1.165) is 4.47 Å². The maximum atomic E-state index is 14.1. The van der Waals surface area contributed by atoms with Crippen LogP contribution in [0.5, 0.6) is 0 Å². The van der Waals surface area contributed by atoms with Gasteiger partial charge in [0.15, 0.2) is 0 Å². The largest absolute Gasteiger partial charge is 0.286 e. The lowest BCUT2D eigenvalue weighted by molar-refractivity contribution is -0.385. The molecule has 0 aromatic heterocycles. The predicted octanol–water partition coefficient (Wildman–Crippen LogP) is 4.23. The highest BCUT2D eigenvalue weighted by Crippen LogP contribution is 2.45. The van der Waals surface area contributed by atoms with Crippen molar-refractivity contribution in [3.8, 4) is 0 Å². The number of nitro groups is 1. The molecular weight excluding hydrogens is 351 g/mol. The van der Waals surface area contributed by atoms with Crippen LogP contribution in [0.4, 0.5) is 10.1 Å². The second-order valence-electron chi connectivity index (χ2n) is 5.64. The highest BCUT2D eigenvalue weighted by atomic mass is 79.9. The van der Waals surface area contributed by atoms with Gasteiger partial charge in [-0.25, -0.2) is 4.39 Å². The van der Waals surface area contributed by atoms with Gasteiger partial charge >= 0.3 is 0 Å². The monoisotopic (exact) mass is 364 g/mol. The number of benzene rings is 2. The van der Waals surface area contributed by atoms with E-state index in [1.54, 1.807) is 30.3 Å². The Kier molecular flexibility index (Phi) is 3.74. The minimum Gasteiger partial charge on any atom is -0.286 e. The first-order chi connectivity index (χ1) is 10.4. The zero-order chi connectivity index (χ0) is 15.9. The Morgan fingerprint density at radius 2 is 2.09 bits per heavy atom. The second-order valence-corrected chi connectivity index (χ2v) is 6.56. The van der Waals surface area contributed by atoms with E-state index in [9.17, 15) is 14.5 Å². The number of rotatable bonds is 4. The Morgan fingerprint density at radius 1 is 1.36 bits per heavy atom. The average molecular weight is 365 g/mol. The molecule has 0 saturated carbocycles. The van der Waals surface area contributed by atoms with Crippen molar-refractivity contribution in [3.05, 3.63) is 74.0 Å². The highest BCUT2D eigenvalue weighted by molar-refractivity contribution is 9.10. The summed E-state index contributed by atoms with van der Waals surface area (Å²) in [6.07, 6.45) is 0. The van der Waals surface area contributed by atoms with Crippen LogP contribution in [0.15, 0.2) is 46.9 Å². The van der Waals surface area contributed by atoms with Crippen molar-refractivity contribution in [3.63, 3.8) is 0 Å². The van der Waals surface area contributed by atoms with Crippen molar-refractivity contribution in [2.75, 3.05) is 6.54 Å². The molecule has 0 aliphatic carbocycles. The van der Waals surface area contributed by atoms with Crippen molar-refractivity contribution in [2.24, 2.45) is 0 Å². The first-order valence-electron chi connectivity index (χ1n) is 6.85. The molecule has 0 radical (unpaired) electrons. The molecule has 2 atom stereocenters. The fourth-order valence-electron chi connectivity index (χ4n) is 2.76. The van der Waals surface area contributed by atoms with Crippen LogP contribution in [-0.2, 0) is 12.1 Å². The van der Waals surface area contributed by atoms with Gasteiger partial charge in [-0.1, -0.05) is 34.1 Å². The third-order valence-corrected chi connectivity index (χ3v) is 4.64. The molecule has 3 rings (SSSR count). The van der Waals surface area contributed by atoms with Crippen LogP contribution in [0.2, 0.25) is 0 Å². The molecule has 114 valence electrons. The average Bonchev–Trinajstić information content (AvgIpc) is 3.13. The number of para-hydroxylation sites is 1. The fourth-order valence-corrected chi connectivity index (χ4v) is 3.12. The zero-order valence-corrected chi connectivity index (χ0v) is 13.5. The molecule has 1 saturated heterocycles. The SMILES string of the molecule is C[C@@]1(c2cc(Br)ccc2F)CN1Cc1ccccc1[N+](=O)[O-]. The van der Waals surface area contributed by atoms with Crippen LogP contribution in [0.25, 0.3) is 0 Å². The van der Waals surface area contributed by atoms with E-state index in [1.165, 1.54) is 12.1 Å². The van der Waals surface area contributed by atoms with Gasteiger partial charge in [-0.2, -0.15) is 0 Å². The van der Waals surface area contributed by atoms with E-state index in [1.807, 2.05) is 11.8 Å². The number of halogens is 2. The Balaban J connectivity index is 1.86. The number of hydrogen-bond acceptors (Lipinski definition) is 3. The summed E-state index contributed by atoms with van der Waals surface area (Å²) >= 11 is 3.36. The lowest BCUT2D eigenvalue weighted by Crippen LogP contribution is -2.14. The number of nitrogens with zero attached hydrogens (tertiary/aromatic N) is 2. The molecule has 6 heteroatoms. The Morgan fingerprint density at radius 3 is 2.82 bits per heavy atom. The van der Waals surface area contributed by atoms with Gasteiger partial charge in [-0.15, -0.1) is 0 Å². The topological polar surface area (TPSA) is 46.1 Å². The van der Waals surface area contributed by atoms with Gasteiger partial charge in [0, 0.05) is 34.8 Å². The summed E-state index contributed by atoms with van der Waals surface area (Å²) in [5.41, 5.74) is 0.941. The normalized spacial score (nSPS) is 23.3. The van der Waals surface area contributed by atoms with Crippen molar-refractivity contribution in [1.82, 2.24) is 4.90 Å². The standard InChI is InChI=1S/C16H14BrFN2O2/c1-16(13-8-12(17)6-7-14(13)18)10-19(16)9-11-4-2-3-5-15(11)20(21)22/h2-8H,9-10H2,1H3/t16-,19?/m0/s1. The first kappa shape index (κ1) is 15.1. The number of nitro benzene ring substituents is 1. The van der Waals surface area contributed by atoms with Gasteiger partial charge in [-0.05, 0) is 25.1 Å². The van der Waals surface area contributed by atoms with Gasteiger partial charge in [0.2, 0.25) is 0 Å². The van der Waals surface area contributed by atoms with Crippen LogP contribution in [-0.4, -0.2) is 16.4 Å². The maximum Gasteiger partial charge on any atom is 0.273 e. The van der Waals surface area contributed by atoms with Crippen molar-refractivity contribution in [2.45, 2.75) is 19.0 Å². The van der Waals surface area contributed by atoms with Gasteiger partial charge in [0.25, 0.3) is 5.69 Å².